The summed E-state index contributed by atoms with van der Waals surface area (Å²) in [5.74, 6) is -0.130. The first-order valence-corrected chi connectivity index (χ1v) is 8.85. The van der Waals surface area contributed by atoms with Crippen LogP contribution in [0, 0.1) is 17.0 Å². The summed E-state index contributed by atoms with van der Waals surface area (Å²) in [6, 6.07) is 15.9. The summed E-state index contributed by atoms with van der Waals surface area (Å²) in [5.41, 5.74) is 3.43. The average Bonchev–Trinajstić information content (AvgIpc) is 2.71. The molecule has 0 bridgehead atoms. The van der Waals surface area contributed by atoms with Crippen molar-refractivity contribution in [2.75, 3.05) is 5.32 Å². The van der Waals surface area contributed by atoms with Crippen LogP contribution in [-0.4, -0.2) is 20.7 Å². The molecule has 7 heteroatoms. The van der Waals surface area contributed by atoms with Gasteiger partial charge in [0.2, 0.25) is 0 Å². The first-order chi connectivity index (χ1) is 13.6. The fourth-order valence-electron chi connectivity index (χ4n) is 3.52. The molecule has 0 saturated carbocycles. The summed E-state index contributed by atoms with van der Waals surface area (Å²) in [7, 11) is 0. The maximum absolute atomic E-state index is 13.3. The van der Waals surface area contributed by atoms with Gasteiger partial charge in [-0.3, -0.25) is 19.9 Å². The molecule has 7 nitrogen and oxygen atoms in total. The first kappa shape index (κ1) is 17.7. The number of nitro groups is 1. The Bertz CT molecular complexity index is 1050. The van der Waals surface area contributed by atoms with Crippen LogP contribution in [-0.2, 0) is 6.54 Å². The zero-order valence-electron chi connectivity index (χ0n) is 15.2. The predicted octanol–water partition coefficient (Wildman–Crippen LogP) is 4.06. The van der Waals surface area contributed by atoms with Crippen molar-refractivity contribution in [3.05, 3.63) is 99.4 Å². The number of rotatable bonds is 4. The number of hydrogen-bond acceptors (Lipinski definition) is 5. The quantitative estimate of drug-likeness (QED) is 0.549. The van der Waals surface area contributed by atoms with E-state index < -0.39 is 11.1 Å². The Morgan fingerprint density at radius 3 is 2.71 bits per heavy atom. The number of hydrogen-bond donors (Lipinski definition) is 1. The van der Waals surface area contributed by atoms with Gasteiger partial charge in [0.25, 0.3) is 11.6 Å². The van der Waals surface area contributed by atoms with Gasteiger partial charge in [-0.15, -0.1) is 0 Å². The summed E-state index contributed by atoms with van der Waals surface area (Å²) in [5, 5.41) is 14.8. The number of amides is 1. The zero-order valence-corrected chi connectivity index (χ0v) is 15.2. The van der Waals surface area contributed by atoms with Crippen LogP contribution in [0.15, 0.2) is 67.0 Å². The van der Waals surface area contributed by atoms with Gasteiger partial charge < -0.3 is 10.2 Å². The summed E-state index contributed by atoms with van der Waals surface area (Å²) in [6.45, 7) is 2.04. The number of para-hydroxylation sites is 1. The van der Waals surface area contributed by atoms with E-state index in [1.54, 1.807) is 36.4 Å². The Labute approximate surface area is 161 Å². The summed E-state index contributed by atoms with van der Waals surface area (Å²) >= 11 is 0. The molecule has 1 unspecified atom stereocenters. The molecule has 0 fully saturated rings. The smallest absolute Gasteiger partial charge is 0.272 e. The van der Waals surface area contributed by atoms with Crippen LogP contribution in [0.25, 0.3) is 0 Å². The normalized spacial score (nSPS) is 15.7. The SMILES string of the molecule is Cc1c(C2Nc3ccccc3C(=O)N2Cc2cccnc2)cccc1[N+](=O)[O-]. The molecule has 1 atom stereocenters. The van der Waals surface area contributed by atoms with Gasteiger partial charge >= 0.3 is 0 Å². The van der Waals surface area contributed by atoms with Gasteiger partial charge in [0.1, 0.15) is 6.17 Å². The highest BCUT2D eigenvalue weighted by molar-refractivity contribution is 6.01. The lowest BCUT2D eigenvalue weighted by Gasteiger charge is -2.38. The second kappa shape index (κ2) is 7.11. The van der Waals surface area contributed by atoms with Gasteiger partial charge in [-0.05, 0) is 30.7 Å². The van der Waals surface area contributed by atoms with Crippen molar-refractivity contribution in [1.29, 1.82) is 0 Å². The fourth-order valence-corrected chi connectivity index (χ4v) is 3.52. The van der Waals surface area contributed by atoms with E-state index in [9.17, 15) is 14.9 Å². The molecule has 0 saturated heterocycles. The highest BCUT2D eigenvalue weighted by Crippen LogP contribution is 2.37. The van der Waals surface area contributed by atoms with Crippen LogP contribution in [0.4, 0.5) is 11.4 Å². The topological polar surface area (TPSA) is 88.4 Å². The van der Waals surface area contributed by atoms with Gasteiger partial charge in [0, 0.05) is 41.8 Å². The fraction of sp³-hybridized carbons (Fsp3) is 0.143. The lowest BCUT2D eigenvalue weighted by molar-refractivity contribution is -0.385. The van der Waals surface area contributed by atoms with Crippen molar-refractivity contribution in [1.82, 2.24) is 9.88 Å². The predicted molar refractivity (Wildman–Crippen MR) is 105 cm³/mol. The van der Waals surface area contributed by atoms with Crippen molar-refractivity contribution < 1.29 is 9.72 Å². The number of carbonyl (C=O) groups is 1. The number of nitrogens with zero attached hydrogens (tertiary/aromatic N) is 3. The molecule has 2 aromatic carbocycles. The van der Waals surface area contributed by atoms with Crippen LogP contribution in [0.2, 0.25) is 0 Å². The number of nitrogens with one attached hydrogen (secondary N) is 1. The molecule has 1 aliphatic heterocycles. The standard InChI is InChI=1S/C21H18N4O3/c1-14-16(8-4-10-19(14)25(27)28)20-23-18-9-3-2-7-17(18)21(26)24(20)13-15-6-5-11-22-12-15/h2-12,20,23H,13H2,1H3. The number of fused-ring (bicyclic) bond motifs is 1. The Morgan fingerprint density at radius 1 is 1.14 bits per heavy atom. The highest BCUT2D eigenvalue weighted by Gasteiger charge is 2.34. The van der Waals surface area contributed by atoms with Crippen molar-refractivity contribution in [2.24, 2.45) is 0 Å². The average molecular weight is 374 g/mol. The number of pyridine rings is 1. The molecule has 3 aromatic rings. The van der Waals surface area contributed by atoms with E-state index >= 15 is 0 Å². The molecule has 0 aliphatic carbocycles. The molecular formula is C21H18N4O3. The van der Waals surface area contributed by atoms with Crippen molar-refractivity contribution >= 4 is 17.3 Å². The monoisotopic (exact) mass is 374 g/mol. The number of carbonyl (C=O) groups excluding carboxylic acids is 1. The van der Waals surface area contributed by atoms with E-state index in [0.717, 1.165) is 5.56 Å². The molecule has 1 amide bonds. The van der Waals surface area contributed by atoms with Crippen LogP contribution < -0.4 is 5.32 Å². The lowest BCUT2D eigenvalue weighted by atomic mass is 9.98. The molecule has 28 heavy (non-hydrogen) atoms. The largest absolute Gasteiger partial charge is 0.361 e. The third kappa shape index (κ3) is 3.07. The number of benzene rings is 2. The number of nitro benzene ring substituents is 1. The van der Waals surface area contributed by atoms with Gasteiger partial charge in [-0.1, -0.05) is 30.3 Å². The van der Waals surface area contributed by atoms with Gasteiger partial charge in [0.05, 0.1) is 10.5 Å². The van der Waals surface area contributed by atoms with Gasteiger partial charge in [0.15, 0.2) is 0 Å². The van der Waals surface area contributed by atoms with E-state index in [-0.39, 0.29) is 11.6 Å². The Balaban J connectivity index is 1.82. The van der Waals surface area contributed by atoms with E-state index in [4.69, 9.17) is 0 Å². The Kier molecular flexibility index (Phi) is 4.49. The van der Waals surface area contributed by atoms with Crippen LogP contribution in [0.3, 0.4) is 0 Å². The van der Waals surface area contributed by atoms with Gasteiger partial charge in [-0.25, -0.2) is 0 Å². The molecular weight excluding hydrogens is 356 g/mol. The van der Waals surface area contributed by atoms with Crippen molar-refractivity contribution in [2.45, 2.75) is 19.6 Å². The molecule has 0 spiro atoms. The first-order valence-electron chi connectivity index (χ1n) is 8.85. The van der Waals surface area contributed by atoms with Gasteiger partial charge in [-0.2, -0.15) is 0 Å². The maximum Gasteiger partial charge on any atom is 0.272 e. The minimum atomic E-state index is -0.525. The molecule has 1 aliphatic rings. The van der Waals surface area contributed by atoms with Crippen LogP contribution >= 0.6 is 0 Å². The lowest BCUT2D eigenvalue weighted by Crippen LogP contribution is -2.42. The van der Waals surface area contributed by atoms with E-state index in [0.29, 0.717) is 28.9 Å². The molecule has 4 rings (SSSR count). The molecule has 1 N–H and O–H groups in total. The zero-order chi connectivity index (χ0) is 19.7. The molecule has 2 heterocycles. The third-order valence-electron chi connectivity index (χ3n) is 4.94. The van der Waals surface area contributed by atoms with Crippen molar-refractivity contribution in [3.8, 4) is 0 Å². The van der Waals surface area contributed by atoms with E-state index in [1.165, 1.54) is 6.07 Å². The minimum absolute atomic E-state index is 0.0342. The Hall–Kier alpha value is -3.74. The van der Waals surface area contributed by atoms with Crippen LogP contribution in [0.5, 0.6) is 0 Å². The number of anilines is 1. The summed E-state index contributed by atoms with van der Waals surface area (Å²) in [6.07, 6.45) is 2.87. The molecule has 1 aromatic heterocycles. The second-order valence-corrected chi connectivity index (χ2v) is 6.64. The number of aromatic nitrogens is 1. The highest BCUT2D eigenvalue weighted by atomic mass is 16.6. The third-order valence-corrected chi connectivity index (χ3v) is 4.94. The maximum atomic E-state index is 13.3. The minimum Gasteiger partial charge on any atom is -0.361 e. The summed E-state index contributed by atoms with van der Waals surface area (Å²) in [4.78, 5) is 30.1. The van der Waals surface area contributed by atoms with Crippen molar-refractivity contribution in [3.63, 3.8) is 0 Å². The molecule has 140 valence electrons. The van der Waals surface area contributed by atoms with E-state index in [2.05, 4.69) is 10.3 Å². The summed E-state index contributed by atoms with van der Waals surface area (Å²) < 4.78 is 0. The Morgan fingerprint density at radius 2 is 1.96 bits per heavy atom. The van der Waals surface area contributed by atoms with Crippen LogP contribution in [0.1, 0.15) is 33.2 Å². The molecule has 0 radical (unpaired) electrons. The van der Waals surface area contributed by atoms with E-state index in [1.807, 2.05) is 36.4 Å². The second-order valence-electron chi connectivity index (χ2n) is 6.64.